The number of piperidine rings is 1. The minimum atomic E-state index is 0.142. The SMILES string of the molecule is CC1CCN(C(c2cccs2)c2c(O)ccc3ccccc23)CC1. The quantitative estimate of drug-likeness (QED) is 0.689. The third-order valence-corrected chi connectivity index (χ3v) is 6.14. The lowest BCUT2D eigenvalue weighted by atomic mass is 9.92. The van der Waals surface area contributed by atoms with Crippen LogP contribution in [0.5, 0.6) is 5.75 Å². The Morgan fingerprint density at radius 3 is 2.58 bits per heavy atom. The zero-order valence-corrected chi connectivity index (χ0v) is 14.8. The zero-order valence-electron chi connectivity index (χ0n) is 14.0. The van der Waals surface area contributed by atoms with E-state index in [1.54, 1.807) is 11.3 Å². The number of likely N-dealkylation sites (tertiary alicyclic amines) is 1. The van der Waals surface area contributed by atoms with Crippen LogP contribution in [-0.2, 0) is 0 Å². The van der Waals surface area contributed by atoms with Gasteiger partial charge in [0.15, 0.2) is 0 Å². The molecule has 1 N–H and O–H groups in total. The number of hydrogen-bond donors (Lipinski definition) is 1. The normalized spacial score (nSPS) is 18.0. The van der Waals surface area contributed by atoms with Crippen molar-refractivity contribution >= 4 is 22.1 Å². The van der Waals surface area contributed by atoms with Gasteiger partial charge < -0.3 is 5.11 Å². The molecule has 1 aliphatic heterocycles. The first-order valence-corrected chi connectivity index (χ1v) is 9.60. The van der Waals surface area contributed by atoms with Gasteiger partial charge in [0, 0.05) is 10.4 Å². The summed E-state index contributed by atoms with van der Waals surface area (Å²) in [5.41, 5.74) is 1.06. The lowest BCUT2D eigenvalue weighted by Gasteiger charge is -2.37. The van der Waals surface area contributed by atoms with Gasteiger partial charge in [-0.15, -0.1) is 11.3 Å². The van der Waals surface area contributed by atoms with Crippen LogP contribution in [0.25, 0.3) is 10.8 Å². The summed E-state index contributed by atoms with van der Waals surface area (Å²) in [5.74, 6) is 1.21. The lowest BCUT2D eigenvalue weighted by molar-refractivity contribution is 0.158. The van der Waals surface area contributed by atoms with Gasteiger partial charge in [-0.3, -0.25) is 4.90 Å². The van der Waals surface area contributed by atoms with E-state index in [1.165, 1.54) is 23.1 Å². The summed E-state index contributed by atoms with van der Waals surface area (Å²) in [6, 6.07) is 16.7. The molecule has 0 amide bonds. The molecule has 0 radical (unpaired) electrons. The van der Waals surface area contributed by atoms with E-state index in [0.717, 1.165) is 30.0 Å². The van der Waals surface area contributed by atoms with Crippen LogP contribution in [0.1, 0.15) is 36.2 Å². The molecule has 3 heteroatoms. The number of thiophene rings is 1. The third kappa shape index (κ3) is 2.83. The van der Waals surface area contributed by atoms with Crippen LogP contribution in [0.3, 0.4) is 0 Å². The topological polar surface area (TPSA) is 23.5 Å². The second kappa shape index (κ2) is 6.58. The number of hydrogen-bond acceptors (Lipinski definition) is 3. The van der Waals surface area contributed by atoms with Gasteiger partial charge in [0.05, 0.1) is 6.04 Å². The van der Waals surface area contributed by atoms with E-state index in [9.17, 15) is 5.11 Å². The molecule has 0 saturated carbocycles. The van der Waals surface area contributed by atoms with Crippen molar-refractivity contribution in [1.29, 1.82) is 0 Å². The first-order valence-electron chi connectivity index (χ1n) is 8.72. The Morgan fingerprint density at radius 1 is 1.04 bits per heavy atom. The smallest absolute Gasteiger partial charge is 0.121 e. The molecule has 2 heterocycles. The maximum Gasteiger partial charge on any atom is 0.121 e. The number of fused-ring (bicyclic) bond motifs is 1. The number of aromatic hydroxyl groups is 1. The predicted octanol–water partition coefficient (Wildman–Crippen LogP) is 5.43. The van der Waals surface area contributed by atoms with Gasteiger partial charge in [0.25, 0.3) is 0 Å². The first kappa shape index (κ1) is 15.7. The summed E-state index contributed by atoms with van der Waals surface area (Å²) in [6.07, 6.45) is 2.46. The van der Waals surface area contributed by atoms with Crippen molar-refractivity contribution in [3.63, 3.8) is 0 Å². The second-order valence-corrected chi connectivity index (χ2v) is 7.84. The van der Waals surface area contributed by atoms with Crippen molar-refractivity contribution in [3.8, 4) is 5.75 Å². The van der Waals surface area contributed by atoms with Crippen LogP contribution in [-0.4, -0.2) is 23.1 Å². The maximum atomic E-state index is 10.7. The van der Waals surface area contributed by atoms with E-state index >= 15 is 0 Å². The van der Waals surface area contributed by atoms with Crippen LogP contribution < -0.4 is 0 Å². The summed E-state index contributed by atoms with van der Waals surface area (Å²) in [6.45, 7) is 4.52. The maximum absolute atomic E-state index is 10.7. The molecule has 1 fully saturated rings. The fourth-order valence-corrected chi connectivity index (χ4v) is 4.68. The molecule has 0 bridgehead atoms. The predicted molar refractivity (Wildman–Crippen MR) is 102 cm³/mol. The average Bonchev–Trinajstić information content (AvgIpc) is 3.13. The molecule has 1 aliphatic rings. The van der Waals surface area contributed by atoms with E-state index in [4.69, 9.17) is 0 Å². The summed E-state index contributed by atoms with van der Waals surface area (Å²) in [4.78, 5) is 3.86. The van der Waals surface area contributed by atoms with E-state index in [-0.39, 0.29) is 6.04 Å². The van der Waals surface area contributed by atoms with Crippen molar-refractivity contribution in [3.05, 3.63) is 64.4 Å². The van der Waals surface area contributed by atoms with Gasteiger partial charge in [-0.2, -0.15) is 0 Å². The molecule has 1 atom stereocenters. The van der Waals surface area contributed by atoms with Gasteiger partial charge in [0.2, 0.25) is 0 Å². The Labute approximate surface area is 147 Å². The van der Waals surface area contributed by atoms with E-state index in [0.29, 0.717) is 5.75 Å². The summed E-state index contributed by atoms with van der Waals surface area (Å²) in [7, 11) is 0. The molecule has 2 nitrogen and oxygen atoms in total. The Hall–Kier alpha value is -1.84. The van der Waals surface area contributed by atoms with Gasteiger partial charge >= 0.3 is 0 Å². The Kier molecular flexibility index (Phi) is 4.30. The van der Waals surface area contributed by atoms with E-state index < -0.39 is 0 Å². The van der Waals surface area contributed by atoms with Crippen LogP contribution in [0.15, 0.2) is 53.9 Å². The Morgan fingerprint density at radius 2 is 1.83 bits per heavy atom. The fraction of sp³-hybridized carbons (Fsp3) is 0.333. The van der Waals surface area contributed by atoms with Crippen molar-refractivity contribution in [2.24, 2.45) is 5.92 Å². The largest absolute Gasteiger partial charge is 0.508 e. The summed E-state index contributed by atoms with van der Waals surface area (Å²) < 4.78 is 0. The first-order chi connectivity index (χ1) is 11.7. The highest BCUT2D eigenvalue weighted by Gasteiger charge is 2.29. The molecule has 2 aromatic carbocycles. The highest BCUT2D eigenvalue weighted by molar-refractivity contribution is 7.10. The van der Waals surface area contributed by atoms with Gasteiger partial charge in [-0.05, 0) is 60.1 Å². The van der Waals surface area contributed by atoms with Crippen LogP contribution >= 0.6 is 11.3 Å². The molecule has 0 spiro atoms. The van der Waals surface area contributed by atoms with E-state index in [2.05, 4.69) is 53.6 Å². The molecule has 1 saturated heterocycles. The van der Waals surface area contributed by atoms with Gasteiger partial charge in [0.1, 0.15) is 5.75 Å². The van der Waals surface area contributed by atoms with Crippen molar-refractivity contribution in [1.82, 2.24) is 4.90 Å². The van der Waals surface area contributed by atoms with Crippen LogP contribution in [0.4, 0.5) is 0 Å². The molecule has 24 heavy (non-hydrogen) atoms. The van der Waals surface area contributed by atoms with Gasteiger partial charge in [-0.1, -0.05) is 43.3 Å². The number of benzene rings is 2. The van der Waals surface area contributed by atoms with Crippen LogP contribution in [0, 0.1) is 5.92 Å². The summed E-state index contributed by atoms with van der Waals surface area (Å²) >= 11 is 1.78. The molecule has 1 aromatic heterocycles. The standard InChI is InChI=1S/C21H23NOS/c1-15-10-12-22(13-11-15)21(19-7-4-14-24-19)20-17-6-3-2-5-16(17)8-9-18(20)23/h2-9,14-15,21,23H,10-13H2,1H3. The highest BCUT2D eigenvalue weighted by Crippen LogP contribution is 2.42. The Bertz CT molecular complexity index is 819. The van der Waals surface area contributed by atoms with Crippen LogP contribution in [0.2, 0.25) is 0 Å². The number of phenolic OH excluding ortho intramolecular Hbond substituents is 1. The zero-order chi connectivity index (χ0) is 16.5. The van der Waals surface area contributed by atoms with E-state index in [1.807, 2.05) is 12.1 Å². The summed E-state index contributed by atoms with van der Waals surface area (Å²) in [5, 5.41) is 15.2. The Balaban J connectivity index is 1.87. The minimum Gasteiger partial charge on any atom is -0.508 e. The molecule has 124 valence electrons. The molecule has 3 aromatic rings. The monoisotopic (exact) mass is 337 g/mol. The highest BCUT2D eigenvalue weighted by atomic mass is 32.1. The second-order valence-electron chi connectivity index (χ2n) is 6.86. The van der Waals surface area contributed by atoms with Gasteiger partial charge in [-0.25, -0.2) is 0 Å². The third-order valence-electron chi connectivity index (χ3n) is 5.22. The molecular formula is C21H23NOS. The van der Waals surface area contributed by atoms with Crippen molar-refractivity contribution in [2.45, 2.75) is 25.8 Å². The minimum absolute atomic E-state index is 0.142. The number of rotatable bonds is 3. The molecule has 0 aliphatic carbocycles. The fourth-order valence-electron chi connectivity index (χ4n) is 3.81. The average molecular weight is 337 g/mol. The van der Waals surface area contributed by atoms with Crippen molar-refractivity contribution in [2.75, 3.05) is 13.1 Å². The molecular weight excluding hydrogens is 314 g/mol. The number of nitrogens with zero attached hydrogens (tertiary/aromatic N) is 1. The molecule has 1 unspecified atom stereocenters. The molecule has 4 rings (SSSR count). The number of phenols is 1. The lowest BCUT2D eigenvalue weighted by Crippen LogP contribution is -2.36. The van der Waals surface area contributed by atoms with Crippen molar-refractivity contribution < 1.29 is 5.11 Å².